The molecule has 1 aromatic carbocycles. The van der Waals surface area contributed by atoms with Crippen LogP contribution in [-0.4, -0.2) is 25.0 Å². The number of likely N-dealkylation sites (N-methyl/N-ethyl adjacent to an activating group) is 1. The van der Waals surface area contributed by atoms with Crippen molar-refractivity contribution in [2.24, 2.45) is 11.7 Å². The Bertz CT molecular complexity index is 421. The number of hydrogen-bond acceptors (Lipinski definition) is 2. The fourth-order valence-corrected chi connectivity index (χ4v) is 3.57. The Morgan fingerprint density at radius 1 is 1.20 bits per heavy atom. The maximum atomic E-state index is 6.09. The van der Waals surface area contributed by atoms with Gasteiger partial charge in [0.1, 0.15) is 0 Å². The fourth-order valence-electron chi connectivity index (χ4n) is 3.57. The summed E-state index contributed by atoms with van der Waals surface area (Å²) in [7, 11) is 2.24. The predicted octanol–water partition coefficient (Wildman–Crippen LogP) is 3.82. The van der Waals surface area contributed by atoms with Gasteiger partial charge in [-0.3, -0.25) is 4.90 Å². The largest absolute Gasteiger partial charge is 0.329 e. The molecule has 1 atom stereocenters. The molecule has 1 unspecified atom stereocenters. The maximum absolute atomic E-state index is 6.09. The molecule has 0 bridgehead atoms. The first kappa shape index (κ1) is 15.5. The summed E-state index contributed by atoms with van der Waals surface area (Å²) in [5.74, 6) is 0.868. The maximum Gasteiger partial charge on any atom is 0.0470 e. The smallest absolute Gasteiger partial charge is 0.0470 e. The average molecular weight is 274 g/mol. The summed E-state index contributed by atoms with van der Waals surface area (Å²) in [4.78, 5) is 2.48. The third-order valence-corrected chi connectivity index (χ3v) is 4.82. The van der Waals surface area contributed by atoms with Gasteiger partial charge in [-0.15, -0.1) is 0 Å². The summed E-state index contributed by atoms with van der Waals surface area (Å²) in [6, 6.07) is 7.08. The van der Waals surface area contributed by atoms with Crippen molar-refractivity contribution in [3.63, 3.8) is 0 Å². The summed E-state index contributed by atoms with van der Waals surface area (Å²) < 4.78 is 0. The summed E-state index contributed by atoms with van der Waals surface area (Å²) in [6.45, 7) is 6.26. The second kappa shape index (κ2) is 7.24. The summed E-state index contributed by atoms with van der Waals surface area (Å²) in [6.07, 6.45) is 7.05. The molecule has 20 heavy (non-hydrogen) atoms. The first-order valence-electron chi connectivity index (χ1n) is 8.09. The van der Waals surface area contributed by atoms with Gasteiger partial charge in [0.2, 0.25) is 0 Å². The predicted molar refractivity (Wildman–Crippen MR) is 86.9 cm³/mol. The van der Waals surface area contributed by atoms with Gasteiger partial charge in [-0.25, -0.2) is 0 Å². The minimum atomic E-state index is 0.358. The normalized spacial score (nSPS) is 18.4. The Labute approximate surface area is 124 Å². The van der Waals surface area contributed by atoms with E-state index in [9.17, 15) is 0 Å². The molecule has 0 amide bonds. The molecule has 1 aromatic rings. The van der Waals surface area contributed by atoms with Crippen LogP contribution in [0.5, 0.6) is 0 Å². The first-order chi connectivity index (χ1) is 9.61. The molecular formula is C18H30N2. The molecule has 2 rings (SSSR count). The van der Waals surface area contributed by atoms with Crippen LogP contribution in [0.2, 0.25) is 0 Å². The van der Waals surface area contributed by atoms with E-state index in [4.69, 9.17) is 5.73 Å². The average Bonchev–Trinajstić information content (AvgIpc) is 2.44. The number of nitrogens with two attached hydrogens (primary N) is 1. The zero-order chi connectivity index (χ0) is 14.5. The molecular weight excluding hydrogens is 244 g/mol. The Hall–Kier alpha value is -0.860. The van der Waals surface area contributed by atoms with Crippen molar-refractivity contribution in [3.8, 4) is 0 Å². The molecule has 0 spiro atoms. The van der Waals surface area contributed by atoms with Gasteiger partial charge in [0.25, 0.3) is 0 Å². The van der Waals surface area contributed by atoms with Crippen molar-refractivity contribution in [3.05, 3.63) is 34.9 Å². The highest BCUT2D eigenvalue weighted by Gasteiger charge is 2.22. The van der Waals surface area contributed by atoms with Crippen LogP contribution < -0.4 is 5.73 Å². The van der Waals surface area contributed by atoms with Gasteiger partial charge in [0.05, 0.1) is 0 Å². The topological polar surface area (TPSA) is 29.3 Å². The van der Waals surface area contributed by atoms with Crippen molar-refractivity contribution < 1.29 is 0 Å². The summed E-state index contributed by atoms with van der Waals surface area (Å²) in [5, 5.41) is 0. The van der Waals surface area contributed by atoms with E-state index in [0.717, 1.165) is 5.92 Å². The summed E-state index contributed by atoms with van der Waals surface area (Å²) >= 11 is 0. The van der Waals surface area contributed by atoms with Gasteiger partial charge in [0, 0.05) is 19.1 Å². The third-order valence-electron chi connectivity index (χ3n) is 4.82. The Balaban J connectivity index is 2.07. The van der Waals surface area contributed by atoms with Gasteiger partial charge in [-0.2, -0.15) is 0 Å². The molecule has 1 aliphatic rings. The molecule has 0 aromatic heterocycles. The van der Waals surface area contributed by atoms with Gasteiger partial charge in [0.15, 0.2) is 0 Å². The second-order valence-corrected chi connectivity index (χ2v) is 6.56. The van der Waals surface area contributed by atoms with Crippen LogP contribution in [0, 0.1) is 19.8 Å². The lowest BCUT2D eigenvalue weighted by Gasteiger charge is -2.33. The van der Waals surface area contributed by atoms with E-state index in [-0.39, 0.29) is 0 Å². The third kappa shape index (κ3) is 3.83. The summed E-state index contributed by atoms with van der Waals surface area (Å²) in [5.41, 5.74) is 10.2. The molecule has 2 N–H and O–H groups in total. The van der Waals surface area contributed by atoms with Gasteiger partial charge in [-0.05, 0) is 50.8 Å². The zero-order valence-electron chi connectivity index (χ0n) is 13.4. The van der Waals surface area contributed by atoms with E-state index in [1.165, 1.54) is 55.3 Å². The van der Waals surface area contributed by atoms with Crippen LogP contribution in [0.1, 0.15) is 54.8 Å². The zero-order valence-corrected chi connectivity index (χ0v) is 13.4. The lowest BCUT2D eigenvalue weighted by atomic mass is 9.88. The number of hydrogen-bond donors (Lipinski definition) is 1. The lowest BCUT2D eigenvalue weighted by molar-refractivity contribution is 0.185. The molecule has 2 nitrogen and oxygen atoms in total. The monoisotopic (exact) mass is 274 g/mol. The molecule has 0 saturated heterocycles. The van der Waals surface area contributed by atoms with E-state index < -0.39 is 0 Å². The number of benzene rings is 1. The van der Waals surface area contributed by atoms with Crippen LogP contribution >= 0.6 is 0 Å². The quantitative estimate of drug-likeness (QED) is 0.884. The van der Waals surface area contributed by atoms with Crippen LogP contribution in [0.15, 0.2) is 18.2 Å². The van der Waals surface area contributed by atoms with Crippen molar-refractivity contribution in [2.75, 3.05) is 20.1 Å². The Morgan fingerprint density at radius 2 is 1.90 bits per heavy atom. The molecule has 0 radical (unpaired) electrons. The van der Waals surface area contributed by atoms with Crippen molar-refractivity contribution in [1.29, 1.82) is 0 Å². The van der Waals surface area contributed by atoms with E-state index in [1.807, 2.05) is 0 Å². The SMILES string of the molecule is Cc1ccc(C)c(C(CN)N(C)CC2CCCCC2)c1. The van der Waals surface area contributed by atoms with Crippen LogP contribution in [0.3, 0.4) is 0 Å². The molecule has 1 fully saturated rings. The highest BCUT2D eigenvalue weighted by molar-refractivity contribution is 5.33. The van der Waals surface area contributed by atoms with Gasteiger partial charge < -0.3 is 5.73 Å². The van der Waals surface area contributed by atoms with E-state index in [0.29, 0.717) is 12.6 Å². The van der Waals surface area contributed by atoms with Gasteiger partial charge >= 0.3 is 0 Å². The van der Waals surface area contributed by atoms with Crippen LogP contribution in [-0.2, 0) is 0 Å². The van der Waals surface area contributed by atoms with E-state index in [1.54, 1.807) is 0 Å². The highest BCUT2D eigenvalue weighted by atomic mass is 15.1. The minimum Gasteiger partial charge on any atom is -0.329 e. The van der Waals surface area contributed by atoms with Crippen LogP contribution in [0.4, 0.5) is 0 Å². The Morgan fingerprint density at radius 3 is 2.55 bits per heavy atom. The minimum absolute atomic E-state index is 0.358. The molecule has 0 aliphatic heterocycles. The highest BCUT2D eigenvalue weighted by Crippen LogP contribution is 2.28. The number of aryl methyl sites for hydroxylation is 2. The second-order valence-electron chi connectivity index (χ2n) is 6.56. The number of nitrogens with zero attached hydrogens (tertiary/aromatic N) is 1. The standard InChI is InChI=1S/C18H30N2/c1-14-9-10-15(2)17(11-14)18(12-19)20(3)13-16-7-5-4-6-8-16/h9-11,16,18H,4-8,12-13,19H2,1-3H3. The van der Waals surface area contributed by atoms with E-state index in [2.05, 4.69) is 44.0 Å². The van der Waals surface area contributed by atoms with Crippen molar-refractivity contribution in [2.45, 2.75) is 52.0 Å². The van der Waals surface area contributed by atoms with Crippen molar-refractivity contribution >= 4 is 0 Å². The fraction of sp³-hybridized carbons (Fsp3) is 0.667. The van der Waals surface area contributed by atoms with E-state index >= 15 is 0 Å². The molecule has 0 heterocycles. The molecule has 112 valence electrons. The van der Waals surface area contributed by atoms with Crippen LogP contribution in [0.25, 0.3) is 0 Å². The molecule has 1 aliphatic carbocycles. The Kier molecular flexibility index (Phi) is 5.62. The molecule has 2 heteroatoms. The number of rotatable bonds is 5. The first-order valence-corrected chi connectivity index (χ1v) is 8.09. The lowest BCUT2D eigenvalue weighted by Crippen LogP contribution is -2.35. The van der Waals surface area contributed by atoms with Crippen molar-refractivity contribution in [1.82, 2.24) is 4.90 Å². The molecule has 1 saturated carbocycles. The van der Waals surface area contributed by atoms with Gasteiger partial charge in [-0.1, -0.05) is 43.0 Å².